The maximum Gasteiger partial charge on any atom is 0.221 e. The van der Waals surface area contributed by atoms with Crippen molar-refractivity contribution in [1.82, 2.24) is 0 Å². The molecule has 1 aliphatic heterocycles. The molecule has 15 heavy (non-hydrogen) atoms. The molecule has 4 N–H and O–H groups in total. The zero-order valence-electron chi connectivity index (χ0n) is 8.83. The Morgan fingerprint density at radius 3 is 2.27 bits per heavy atom. The minimum atomic E-state index is -1.64. The molecule has 1 rings (SSSR count). The number of aliphatic hydroxyl groups excluding tert-OH is 4. The van der Waals surface area contributed by atoms with E-state index >= 15 is 0 Å². The number of hydrogen-bond donors (Lipinski definition) is 4. The Morgan fingerprint density at radius 2 is 1.93 bits per heavy atom. The molecule has 0 amide bonds. The van der Waals surface area contributed by atoms with Crippen molar-refractivity contribution < 1.29 is 29.9 Å². The minimum absolute atomic E-state index is 0.281. The van der Waals surface area contributed by atoms with E-state index in [1.807, 2.05) is 0 Å². The Morgan fingerprint density at radius 1 is 1.33 bits per heavy atom. The Kier molecular flexibility index (Phi) is 4.05. The fraction of sp³-hybridized carbons (Fsp3) is 1.00. The normalized spacial score (nSPS) is 41.4. The zero-order valence-corrected chi connectivity index (χ0v) is 8.83. The van der Waals surface area contributed by atoms with Gasteiger partial charge >= 0.3 is 0 Å². The van der Waals surface area contributed by atoms with Crippen molar-refractivity contribution in [1.29, 1.82) is 0 Å². The van der Waals surface area contributed by atoms with Crippen molar-refractivity contribution in [2.24, 2.45) is 0 Å². The molecular weight excluding hydrogens is 204 g/mol. The standard InChI is InChI=1S/C9H18O6/c1-5(2)14-9(4-11)8(13)7(12)6(3-10)15-9/h5-8,10-13H,3-4H2,1-2H3/t6-,7-,8+,9?/m1/s1. The Bertz CT molecular complexity index is 209. The lowest BCUT2D eigenvalue weighted by Gasteiger charge is -2.31. The Labute approximate surface area is 88.1 Å². The molecular formula is C9H18O6. The summed E-state index contributed by atoms with van der Waals surface area (Å²) in [6.07, 6.45) is -3.86. The summed E-state index contributed by atoms with van der Waals surface area (Å²) in [4.78, 5) is 0. The average Bonchev–Trinajstić information content (AvgIpc) is 2.42. The van der Waals surface area contributed by atoms with E-state index in [2.05, 4.69) is 0 Å². The summed E-state index contributed by atoms with van der Waals surface area (Å²) in [6, 6.07) is 0. The van der Waals surface area contributed by atoms with E-state index in [1.54, 1.807) is 13.8 Å². The van der Waals surface area contributed by atoms with E-state index in [4.69, 9.17) is 19.7 Å². The highest BCUT2D eigenvalue weighted by Gasteiger charge is 2.55. The molecule has 0 aromatic heterocycles. The first-order valence-corrected chi connectivity index (χ1v) is 4.90. The van der Waals surface area contributed by atoms with Crippen LogP contribution in [-0.4, -0.2) is 63.8 Å². The van der Waals surface area contributed by atoms with Gasteiger partial charge in [-0.15, -0.1) is 0 Å². The van der Waals surface area contributed by atoms with Gasteiger partial charge in [0.15, 0.2) is 0 Å². The molecule has 0 spiro atoms. The summed E-state index contributed by atoms with van der Waals surface area (Å²) < 4.78 is 10.4. The predicted octanol–water partition coefficient (Wildman–Crippen LogP) is -1.79. The molecule has 0 bridgehead atoms. The summed E-state index contributed by atoms with van der Waals surface area (Å²) in [7, 11) is 0. The molecule has 0 aliphatic carbocycles. The molecule has 1 heterocycles. The lowest BCUT2D eigenvalue weighted by atomic mass is 10.1. The van der Waals surface area contributed by atoms with Gasteiger partial charge < -0.3 is 29.9 Å². The first kappa shape index (κ1) is 12.8. The highest BCUT2D eigenvalue weighted by atomic mass is 16.7. The van der Waals surface area contributed by atoms with Crippen LogP contribution in [0.15, 0.2) is 0 Å². The summed E-state index contributed by atoms with van der Waals surface area (Å²) >= 11 is 0. The largest absolute Gasteiger partial charge is 0.394 e. The second-order valence-corrected chi connectivity index (χ2v) is 3.91. The lowest BCUT2D eigenvalue weighted by molar-refractivity contribution is -0.289. The molecule has 1 aliphatic rings. The highest BCUT2D eigenvalue weighted by Crippen LogP contribution is 2.33. The smallest absolute Gasteiger partial charge is 0.221 e. The average molecular weight is 222 g/mol. The van der Waals surface area contributed by atoms with Crippen molar-refractivity contribution in [3.05, 3.63) is 0 Å². The molecule has 6 heteroatoms. The maximum atomic E-state index is 9.69. The van der Waals surface area contributed by atoms with Crippen LogP contribution >= 0.6 is 0 Å². The number of hydrogen-bond acceptors (Lipinski definition) is 6. The van der Waals surface area contributed by atoms with Gasteiger partial charge in [0.1, 0.15) is 24.9 Å². The molecule has 0 aromatic carbocycles. The van der Waals surface area contributed by atoms with Crippen LogP contribution in [0.1, 0.15) is 13.8 Å². The number of ether oxygens (including phenoxy) is 2. The van der Waals surface area contributed by atoms with Gasteiger partial charge in [0.2, 0.25) is 5.79 Å². The molecule has 4 atom stereocenters. The summed E-state index contributed by atoms with van der Waals surface area (Å²) in [5.74, 6) is -1.64. The topological polar surface area (TPSA) is 99.4 Å². The van der Waals surface area contributed by atoms with Gasteiger partial charge in [-0.05, 0) is 13.8 Å². The zero-order chi connectivity index (χ0) is 11.6. The molecule has 0 radical (unpaired) electrons. The van der Waals surface area contributed by atoms with Gasteiger partial charge in [-0.1, -0.05) is 0 Å². The van der Waals surface area contributed by atoms with Crippen LogP contribution in [0.2, 0.25) is 0 Å². The molecule has 1 saturated heterocycles. The maximum absolute atomic E-state index is 9.69. The first-order valence-electron chi connectivity index (χ1n) is 4.90. The molecule has 6 nitrogen and oxygen atoms in total. The summed E-state index contributed by atoms with van der Waals surface area (Å²) in [5.41, 5.74) is 0. The second-order valence-electron chi connectivity index (χ2n) is 3.91. The monoisotopic (exact) mass is 222 g/mol. The predicted molar refractivity (Wildman–Crippen MR) is 50.0 cm³/mol. The number of rotatable bonds is 4. The van der Waals surface area contributed by atoms with Crippen LogP contribution in [0, 0.1) is 0 Å². The molecule has 1 unspecified atom stereocenters. The van der Waals surface area contributed by atoms with Gasteiger partial charge in [0, 0.05) is 0 Å². The fourth-order valence-corrected chi connectivity index (χ4v) is 1.67. The van der Waals surface area contributed by atoms with Gasteiger partial charge in [-0.3, -0.25) is 0 Å². The fourth-order valence-electron chi connectivity index (χ4n) is 1.67. The molecule has 0 aromatic rings. The van der Waals surface area contributed by atoms with Crippen molar-refractivity contribution in [2.75, 3.05) is 13.2 Å². The third-order valence-corrected chi connectivity index (χ3v) is 2.34. The lowest BCUT2D eigenvalue weighted by Crippen LogP contribution is -2.50. The summed E-state index contributed by atoms with van der Waals surface area (Å²) in [5, 5.41) is 37.2. The quantitative estimate of drug-likeness (QED) is 0.448. The van der Waals surface area contributed by atoms with Crippen LogP contribution in [-0.2, 0) is 9.47 Å². The summed E-state index contributed by atoms with van der Waals surface area (Å²) in [6.45, 7) is 2.40. The van der Waals surface area contributed by atoms with E-state index in [-0.39, 0.29) is 6.10 Å². The Hall–Kier alpha value is -0.240. The van der Waals surface area contributed by atoms with Crippen molar-refractivity contribution in [2.45, 2.75) is 44.1 Å². The third kappa shape index (κ3) is 2.30. The van der Waals surface area contributed by atoms with E-state index in [1.165, 1.54) is 0 Å². The van der Waals surface area contributed by atoms with Crippen LogP contribution < -0.4 is 0 Å². The van der Waals surface area contributed by atoms with Gasteiger partial charge in [-0.2, -0.15) is 0 Å². The van der Waals surface area contributed by atoms with Crippen molar-refractivity contribution >= 4 is 0 Å². The van der Waals surface area contributed by atoms with E-state index < -0.39 is 37.3 Å². The minimum Gasteiger partial charge on any atom is -0.394 e. The highest BCUT2D eigenvalue weighted by molar-refractivity contribution is 4.96. The third-order valence-electron chi connectivity index (χ3n) is 2.34. The van der Waals surface area contributed by atoms with E-state index in [9.17, 15) is 10.2 Å². The Balaban J connectivity index is 2.81. The van der Waals surface area contributed by atoms with Gasteiger partial charge in [0.25, 0.3) is 0 Å². The van der Waals surface area contributed by atoms with Gasteiger partial charge in [0.05, 0.1) is 12.7 Å². The molecule has 0 saturated carbocycles. The molecule has 90 valence electrons. The van der Waals surface area contributed by atoms with Crippen LogP contribution in [0.4, 0.5) is 0 Å². The van der Waals surface area contributed by atoms with Crippen molar-refractivity contribution in [3.8, 4) is 0 Å². The number of aliphatic hydroxyl groups is 4. The van der Waals surface area contributed by atoms with Crippen LogP contribution in [0.5, 0.6) is 0 Å². The SMILES string of the molecule is CC(C)OC1(CO)O[C@H](CO)[C@@H](O)[C@@H]1O. The van der Waals surface area contributed by atoms with E-state index in [0.717, 1.165) is 0 Å². The van der Waals surface area contributed by atoms with Gasteiger partial charge in [-0.25, -0.2) is 0 Å². The van der Waals surface area contributed by atoms with Crippen LogP contribution in [0.25, 0.3) is 0 Å². The molecule has 1 fully saturated rings. The second kappa shape index (κ2) is 4.73. The van der Waals surface area contributed by atoms with Crippen LogP contribution in [0.3, 0.4) is 0 Å². The van der Waals surface area contributed by atoms with E-state index in [0.29, 0.717) is 0 Å². The first-order chi connectivity index (χ1) is 6.96. The van der Waals surface area contributed by atoms with Crippen molar-refractivity contribution in [3.63, 3.8) is 0 Å².